The van der Waals surface area contributed by atoms with E-state index in [9.17, 15) is 9.59 Å². The number of esters is 2. The van der Waals surface area contributed by atoms with E-state index in [1.807, 2.05) is 115 Å². The van der Waals surface area contributed by atoms with Crippen LogP contribution in [0.25, 0.3) is 0 Å². The second kappa shape index (κ2) is 22.1. The molecule has 6 aromatic carbocycles. The van der Waals surface area contributed by atoms with Gasteiger partial charge in [-0.05, 0) is 64.2 Å². The molecule has 0 aromatic heterocycles. The van der Waals surface area contributed by atoms with Gasteiger partial charge in [-0.1, -0.05) is 168 Å². The lowest BCUT2D eigenvalue weighted by Gasteiger charge is -2.30. The van der Waals surface area contributed by atoms with E-state index in [2.05, 4.69) is 48.5 Å². The molecule has 0 aliphatic heterocycles. The quantitative estimate of drug-likeness (QED) is 0.0488. The molecular formula is C51H56Cl4N4O4P2+2. The first-order valence-electron chi connectivity index (χ1n) is 21.3. The molecule has 65 heavy (non-hydrogen) atoms. The number of likely N-dealkylation sites (N-methyl/N-ethyl adjacent to an activating group) is 2. The van der Waals surface area contributed by atoms with Crippen molar-refractivity contribution >= 4 is 105 Å². The van der Waals surface area contributed by atoms with Gasteiger partial charge in [0.25, 0.3) is 0 Å². The molecule has 6 aromatic rings. The van der Waals surface area contributed by atoms with E-state index in [4.69, 9.17) is 65.4 Å². The van der Waals surface area contributed by atoms with E-state index >= 15 is 0 Å². The molecule has 0 amide bonds. The summed E-state index contributed by atoms with van der Waals surface area (Å²) in [5.74, 6) is -1.01. The predicted octanol–water partition coefficient (Wildman–Crippen LogP) is 12.1. The van der Waals surface area contributed by atoms with Crippen molar-refractivity contribution in [2.75, 3.05) is 80.9 Å². The number of quaternary nitrogens is 2. The minimum Gasteiger partial charge on any atom is -0.456 e. The van der Waals surface area contributed by atoms with Crippen molar-refractivity contribution in [3.8, 4) is 0 Å². The average molecular weight is 993 g/mol. The number of nitrogens with zero attached hydrogens (tertiary/aromatic N) is 4. The summed E-state index contributed by atoms with van der Waals surface area (Å²) in [5.41, 5.74) is 1.33. The fourth-order valence-electron chi connectivity index (χ4n) is 7.26. The van der Waals surface area contributed by atoms with E-state index in [1.54, 1.807) is 24.3 Å². The number of ether oxygens (including phenoxy) is 2. The number of benzene rings is 6. The fraction of sp³-hybridized carbons (Fsp3) is 0.255. The van der Waals surface area contributed by atoms with Crippen molar-refractivity contribution in [1.29, 1.82) is 0 Å². The van der Waals surface area contributed by atoms with Gasteiger partial charge in [-0.25, -0.2) is 9.59 Å². The second-order valence-electron chi connectivity index (χ2n) is 17.8. The van der Waals surface area contributed by atoms with Crippen molar-refractivity contribution in [2.45, 2.75) is 6.42 Å². The molecule has 0 spiro atoms. The van der Waals surface area contributed by atoms with E-state index in [0.29, 0.717) is 52.2 Å². The van der Waals surface area contributed by atoms with E-state index in [1.165, 1.54) is 0 Å². The van der Waals surface area contributed by atoms with Gasteiger partial charge in [-0.15, -0.1) is 0 Å². The van der Waals surface area contributed by atoms with Gasteiger partial charge in [0.15, 0.2) is 0 Å². The normalized spacial score (nSPS) is 12.1. The van der Waals surface area contributed by atoms with E-state index in [-0.39, 0.29) is 44.4 Å². The Balaban J connectivity index is 1.49. The van der Waals surface area contributed by atoms with Crippen LogP contribution < -0.4 is 21.2 Å². The monoisotopic (exact) mass is 990 g/mol. The highest BCUT2D eigenvalue weighted by molar-refractivity contribution is 7.82. The molecule has 0 unspecified atom stereocenters. The van der Waals surface area contributed by atoms with Crippen LogP contribution in [0.2, 0.25) is 20.1 Å². The number of carbonyl (C=O) groups is 2. The van der Waals surface area contributed by atoms with Gasteiger partial charge in [-0.2, -0.15) is 0 Å². The number of hydrogen-bond acceptors (Lipinski definition) is 6. The summed E-state index contributed by atoms with van der Waals surface area (Å²) in [6.07, 6.45) is 1.87. The van der Waals surface area contributed by atoms with Crippen molar-refractivity contribution in [2.24, 2.45) is 9.49 Å². The molecule has 0 bridgehead atoms. The summed E-state index contributed by atoms with van der Waals surface area (Å²) in [4.78, 5) is 26.4. The van der Waals surface area contributed by atoms with Gasteiger partial charge in [0.05, 0.1) is 84.9 Å². The van der Waals surface area contributed by atoms with Crippen LogP contribution >= 0.6 is 60.5 Å². The smallest absolute Gasteiger partial charge is 0.338 e. The van der Waals surface area contributed by atoms with Crippen LogP contribution in [0.3, 0.4) is 0 Å². The molecule has 0 atom stereocenters. The molecule has 0 saturated carbocycles. The fourth-order valence-corrected chi connectivity index (χ4v) is 16.2. The Labute approximate surface area is 404 Å². The van der Waals surface area contributed by atoms with Gasteiger partial charge in [0.2, 0.25) is 0 Å². The first-order valence-corrected chi connectivity index (χ1v) is 26.7. The third kappa shape index (κ3) is 13.0. The highest BCUT2D eigenvalue weighted by atomic mass is 35.5. The minimum atomic E-state index is -2.75. The summed E-state index contributed by atoms with van der Waals surface area (Å²) >= 11 is 28.4. The second-order valence-corrected chi connectivity index (χ2v) is 25.8. The molecule has 14 heteroatoms. The summed E-state index contributed by atoms with van der Waals surface area (Å²) < 4.78 is 23.8. The maximum absolute atomic E-state index is 13.2. The van der Waals surface area contributed by atoms with Crippen LogP contribution in [-0.2, 0) is 9.47 Å². The Morgan fingerprint density at radius 3 is 0.969 bits per heavy atom. The van der Waals surface area contributed by atoms with Gasteiger partial charge in [0.1, 0.15) is 26.3 Å². The number of halogens is 4. The summed E-state index contributed by atoms with van der Waals surface area (Å²) in [6.45, 7) is 1.79. The molecule has 0 N–H and O–H groups in total. The Morgan fingerprint density at radius 2 is 0.723 bits per heavy atom. The summed E-state index contributed by atoms with van der Waals surface area (Å²) in [6, 6.07) is 47.4. The zero-order chi connectivity index (χ0) is 46.8. The van der Waals surface area contributed by atoms with Crippen molar-refractivity contribution in [3.05, 3.63) is 177 Å². The topological polar surface area (TPSA) is 77.3 Å². The van der Waals surface area contributed by atoms with Gasteiger partial charge in [-0.3, -0.25) is 9.49 Å². The number of carbonyl (C=O) groups excluding carboxylic acids is 2. The third-order valence-electron chi connectivity index (χ3n) is 10.7. The van der Waals surface area contributed by atoms with Crippen LogP contribution in [0.4, 0.5) is 11.4 Å². The van der Waals surface area contributed by atoms with Crippen molar-refractivity contribution in [1.82, 2.24) is 0 Å². The zero-order valence-corrected chi connectivity index (χ0v) is 42.4. The van der Waals surface area contributed by atoms with Gasteiger partial charge in [0, 0.05) is 14.1 Å². The maximum Gasteiger partial charge on any atom is 0.338 e. The Bertz CT molecular complexity index is 2390. The molecule has 0 heterocycles. The lowest BCUT2D eigenvalue weighted by molar-refractivity contribution is -0.870. The Kier molecular flexibility index (Phi) is 17.0. The van der Waals surface area contributed by atoms with E-state index < -0.39 is 26.0 Å². The molecule has 6 rings (SSSR count). The summed E-state index contributed by atoms with van der Waals surface area (Å²) in [5, 5.41) is 5.17. The van der Waals surface area contributed by atoms with Crippen LogP contribution in [0.15, 0.2) is 155 Å². The molecule has 0 aliphatic rings. The first kappa shape index (κ1) is 50.2. The Morgan fingerprint density at radius 1 is 0.462 bits per heavy atom. The first-order chi connectivity index (χ1) is 30.9. The number of hydrogen-bond donors (Lipinski definition) is 0. The molecule has 340 valence electrons. The standard InChI is InChI=1S/C51H56Cl4N4O4P2/c1-58(2,3)28-30-62-50(60)38-34-44(52)48(45(53)35-38)56-64(40-20-11-7-12-21-40,41-22-13-8-14-23-41)32-19-33-65(42-24-15-9-16-25-42,43-26-17-10-18-27-43)57-49-46(54)36-39(37-47(49)55)51(61)63-31-29-59(4,5)6/h7-18,20-27,34-37H,19,28-33H2,1-6H3/q+2. The lowest BCUT2D eigenvalue weighted by atomic mass is 10.2. The number of rotatable bonds is 18. The van der Waals surface area contributed by atoms with Crippen molar-refractivity contribution < 1.29 is 28.0 Å². The molecule has 8 nitrogen and oxygen atoms in total. The predicted molar refractivity (Wildman–Crippen MR) is 276 cm³/mol. The molecular weight excluding hydrogens is 936 g/mol. The molecule has 0 saturated heterocycles. The van der Waals surface area contributed by atoms with Crippen molar-refractivity contribution in [3.63, 3.8) is 0 Å². The SMILES string of the molecule is C[N+](C)(C)CCOC(=O)c1cc(Cl)c(N=P(CCCP(=Nc2c(Cl)cc(C(=O)OCC[N+](C)(C)C)cc2Cl)(c2ccccc2)c2ccccc2)(c2ccccc2)c2ccccc2)c(Cl)c1. The zero-order valence-electron chi connectivity index (χ0n) is 37.6. The van der Waals surface area contributed by atoms with Crippen LogP contribution in [0.5, 0.6) is 0 Å². The van der Waals surface area contributed by atoms with Crippen LogP contribution in [-0.4, -0.2) is 102 Å². The molecule has 0 radical (unpaired) electrons. The highest BCUT2D eigenvalue weighted by Crippen LogP contribution is 2.57. The average Bonchev–Trinajstić information content (AvgIpc) is 3.27. The van der Waals surface area contributed by atoms with E-state index in [0.717, 1.165) is 21.2 Å². The molecule has 0 aliphatic carbocycles. The third-order valence-corrected chi connectivity index (χ3v) is 19.5. The van der Waals surface area contributed by atoms with Gasteiger partial charge < -0.3 is 18.4 Å². The minimum absolute atomic E-state index is 0.248. The summed E-state index contributed by atoms with van der Waals surface area (Å²) in [7, 11) is 6.70. The van der Waals surface area contributed by atoms with Crippen LogP contribution in [0, 0.1) is 0 Å². The Hall–Kier alpha value is -4.20. The molecule has 0 fully saturated rings. The van der Waals surface area contributed by atoms with Gasteiger partial charge >= 0.3 is 11.9 Å². The maximum atomic E-state index is 13.2. The largest absolute Gasteiger partial charge is 0.456 e. The lowest BCUT2D eigenvalue weighted by Crippen LogP contribution is -2.38. The highest BCUT2D eigenvalue weighted by Gasteiger charge is 2.31. The van der Waals surface area contributed by atoms with Crippen LogP contribution in [0.1, 0.15) is 27.1 Å².